The van der Waals surface area contributed by atoms with Crippen molar-refractivity contribution < 1.29 is 9.53 Å². The lowest BCUT2D eigenvalue weighted by atomic mass is 9.93. The molecule has 174 valence electrons. The molecule has 32 heavy (non-hydrogen) atoms. The minimum Gasteiger partial charge on any atom is -0.444 e. The van der Waals surface area contributed by atoms with Crippen LogP contribution >= 0.6 is 15.9 Å². The third-order valence-corrected chi connectivity index (χ3v) is 7.74. The second-order valence-corrected chi connectivity index (χ2v) is 11.4. The van der Waals surface area contributed by atoms with Crippen molar-refractivity contribution in [1.82, 2.24) is 14.7 Å². The standard InChI is InChI=1S/C25H35BrN4O2/c1-18-17-29(14-15-30(18)22-9-6-19-16-20(26)7-8-21(19)22)25(27-5)10-12-28(13-11-25)23(31)32-24(2,3)4/h7-8,16,18,22H,6,9-15,17H2,1-4H3/t18-,22?/m0/s1. The molecule has 0 bridgehead atoms. The molecule has 2 heterocycles. The summed E-state index contributed by atoms with van der Waals surface area (Å²) in [7, 11) is 0. The average molecular weight is 503 g/mol. The van der Waals surface area contributed by atoms with Crippen molar-refractivity contribution in [3.05, 3.63) is 45.2 Å². The summed E-state index contributed by atoms with van der Waals surface area (Å²) < 4.78 is 6.69. The zero-order valence-corrected chi connectivity index (χ0v) is 21.3. The Balaban J connectivity index is 1.39. The maximum atomic E-state index is 12.5. The molecule has 0 radical (unpaired) electrons. The second kappa shape index (κ2) is 8.96. The van der Waals surface area contributed by atoms with E-state index in [9.17, 15) is 4.79 Å². The molecule has 0 aromatic heterocycles. The molecule has 0 spiro atoms. The number of hydrogen-bond donors (Lipinski definition) is 0. The minimum atomic E-state index is -0.503. The first kappa shape index (κ1) is 23.5. The van der Waals surface area contributed by atoms with Crippen LogP contribution in [0.2, 0.25) is 0 Å². The summed E-state index contributed by atoms with van der Waals surface area (Å²) >= 11 is 3.60. The van der Waals surface area contributed by atoms with Crippen LogP contribution in [0.5, 0.6) is 0 Å². The number of likely N-dealkylation sites (tertiary alicyclic amines) is 1. The summed E-state index contributed by atoms with van der Waals surface area (Å²) in [5.41, 5.74) is 1.94. The van der Waals surface area contributed by atoms with Gasteiger partial charge in [-0.05, 0) is 63.8 Å². The van der Waals surface area contributed by atoms with E-state index in [0.717, 1.165) is 30.5 Å². The van der Waals surface area contributed by atoms with Gasteiger partial charge in [-0.1, -0.05) is 22.0 Å². The van der Waals surface area contributed by atoms with Gasteiger partial charge in [0.1, 0.15) is 5.60 Å². The van der Waals surface area contributed by atoms with E-state index in [0.29, 0.717) is 38.0 Å². The number of ether oxygens (including phenoxy) is 1. The van der Waals surface area contributed by atoms with Gasteiger partial charge in [0.05, 0.1) is 12.8 Å². The van der Waals surface area contributed by atoms with E-state index in [-0.39, 0.29) is 6.09 Å². The number of rotatable bonds is 2. The first-order valence-electron chi connectivity index (χ1n) is 11.8. The number of benzene rings is 1. The summed E-state index contributed by atoms with van der Waals surface area (Å²) in [4.78, 5) is 23.4. The zero-order chi connectivity index (χ0) is 23.1. The van der Waals surface area contributed by atoms with Crippen molar-refractivity contribution in [3.8, 4) is 0 Å². The van der Waals surface area contributed by atoms with Crippen LogP contribution in [0.1, 0.15) is 64.1 Å². The molecular weight excluding hydrogens is 468 g/mol. The van der Waals surface area contributed by atoms with Crippen molar-refractivity contribution in [2.45, 2.75) is 76.7 Å². The molecule has 1 amide bonds. The molecule has 2 fully saturated rings. The van der Waals surface area contributed by atoms with Crippen molar-refractivity contribution in [1.29, 1.82) is 0 Å². The van der Waals surface area contributed by atoms with Crippen molar-refractivity contribution in [3.63, 3.8) is 0 Å². The number of hydrogen-bond acceptors (Lipinski definition) is 4. The summed E-state index contributed by atoms with van der Waals surface area (Å²) in [6.45, 7) is 19.9. The van der Waals surface area contributed by atoms with Crippen LogP contribution < -0.4 is 0 Å². The molecule has 2 atom stereocenters. The molecule has 3 aliphatic rings. The predicted octanol–water partition coefficient (Wildman–Crippen LogP) is 5.09. The minimum absolute atomic E-state index is 0.263. The van der Waals surface area contributed by atoms with Gasteiger partial charge in [0.2, 0.25) is 0 Å². The number of carbonyl (C=O) groups is 1. The van der Waals surface area contributed by atoms with Crippen LogP contribution in [0, 0.1) is 6.57 Å². The normalized spacial score (nSPS) is 26.4. The zero-order valence-electron chi connectivity index (χ0n) is 19.7. The van der Waals surface area contributed by atoms with E-state index in [1.807, 2.05) is 20.8 Å². The highest BCUT2D eigenvalue weighted by Crippen LogP contribution is 2.40. The van der Waals surface area contributed by atoms with Crippen LogP contribution in [0.15, 0.2) is 22.7 Å². The molecule has 7 heteroatoms. The Morgan fingerprint density at radius 1 is 1.22 bits per heavy atom. The number of amides is 1. The van der Waals surface area contributed by atoms with E-state index < -0.39 is 11.3 Å². The summed E-state index contributed by atoms with van der Waals surface area (Å²) in [6, 6.07) is 7.58. The Hall–Kier alpha value is -1.62. The fourth-order valence-electron chi connectivity index (χ4n) is 5.59. The van der Waals surface area contributed by atoms with Gasteiger partial charge < -0.3 is 9.64 Å². The van der Waals surface area contributed by atoms with Gasteiger partial charge in [-0.25, -0.2) is 16.3 Å². The Morgan fingerprint density at radius 3 is 2.56 bits per heavy atom. The molecule has 4 rings (SSSR count). The van der Waals surface area contributed by atoms with E-state index in [4.69, 9.17) is 11.3 Å². The van der Waals surface area contributed by atoms with Crippen LogP contribution in [0.3, 0.4) is 0 Å². The highest BCUT2D eigenvalue weighted by molar-refractivity contribution is 9.10. The predicted molar refractivity (Wildman–Crippen MR) is 129 cm³/mol. The van der Waals surface area contributed by atoms with Gasteiger partial charge >= 0.3 is 6.09 Å². The average Bonchev–Trinajstić information content (AvgIpc) is 3.15. The Morgan fingerprint density at radius 2 is 1.94 bits per heavy atom. The molecule has 1 aromatic carbocycles. The highest BCUT2D eigenvalue weighted by atomic mass is 79.9. The van der Waals surface area contributed by atoms with Gasteiger partial charge in [-0.3, -0.25) is 9.74 Å². The molecule has 1 aliphatic carbocycles. The van der Waals surface area contributed by atoms with Crippen LogP contribution in [0.25, 0.3) is 4.85 Å². The van der Waals surface area contributed by atoms with E-state index in [2.05, 4.69) is 55.7 Å². The smallest absolute Gasteiger partial charge is 0.410 e. The summed E-state index contributed by atoms with van der Waals surface area (Å²) in [5.74, 6) is 0. The third kappa shape index (κ3) is 4.69. The van der Waals surface area contributed by atoms with E-state index >= 15 is 0 Å². The topological polar surface area (TPSA) is 40.4 Å². The van der Waals surface area contributed by atoms with Gasteiger partial charge in [-0.15, -0.1) is 0 Å². The van der Waals surface area contributed by atoms with Gasteiger partial charge in [0.25, 0.3) is 5.66 Å². The number of aryl methyl sites for hydroxylation is 1. The highest BCUT2D eigenvalue weighted by Gasteiger charge is 2.49. The molecular formula is C25H35BrN4O2. The summed E-state index contributed by atoms with van der Waals surface area (Å²) in [6.07, 6.45) is 3.42. The molecule has 0 N–H and O–H groups in total. The number of piperazine rings is 1. The lowest BCUT2D eigenvalue weighted by Gasteiger charge is -2.48. The molecule has 2 aliphatic heterocycles. The number of nitrogens with zero attached hydrogens (tertiary/aromatic N) is 4. The Labute approximate surface area is 200 Å². The lowest BCUT2D eigenvalue weighted by molar-refractivity contribution is -0.0274. The number of halogens is 1. The third-order valence-electron chi connectivity index (χ3n) is 7.24. The fourth-order valence-corrected chi connectivity index (χ4v) is 6.00. The number of carbonyl (C=O) groups excluding carboxylic acids is 1. The van der Waals surface area contributed by atoms with Gasteiger partial charge in [-0.2, -0.15) is 0 Å². The largest absolute Gasteiger partial charge is 0.444 e. The van der Waals surface area contributed by atoms with E-state index in [1.54, 1.807) is 4.90 Å². The fraction of sp³-hybridized carbons (Fsp3) is 0.680. The van der Waals surface area contributed by atoms with Gasteiger partial charge in [0.15, 0.2) is 0 Å². The molecule has 2 saturated heterocycles. The first-order valence-corrected chi connectivity index (χ1v) is 12.6. The SMILES string of the molecule is [C-]#[N+]C1(N2CCN(C3CCc4cc(Br)ccc43)[C@@H](C)C2)CCN(C(=O)OC(C)(C)C)CC1. The molecule has 1 aromatic rings. The Kier molecular flexibility index (Phi) is 6.59. The molecule has 6 nitrogen and oxygen atoms in total. The molecule has 0 saturated carbocycles. The van der Waals surface area contributed by atoms with Crippen molar-refractivity contribution in [2.75, 3.05) is 32.7 Å². The van der Waals surface area contributed by atoms with Crippen LogP contribution in [-0.2, 0) is 11.2 Å². The maximum Gasteiger partial charge on any atom is 0.410 e. The van der Waals surface area contributed by atoms with Crippen molar-refractivity contribution >= 4 is 22.0 Å². The summed E-state index contributed by atoms with van der Waals surface area (Å²) in [5, 5.41) is 0. The molecule has 1 unspecified atom stereocenters. The van der Waals surface area contributed by atoms with Crippen LogP contribution in [-0.4, -0.2) is 70.8 Å². The quantitative estimate of drug-likeness (QED) is 0.528. The first-order chi connectivity index (χ1) is 15.1. The monoisotopic (exact) mass is 502 g/mol. The van der Waals surface area contributed by atoms with Crippen LogP contribution in [0.4, 0.5) is 4.79 Å². The second-order valence-electron chi connectivity index (χ2n) is 10.5. The van der Waals surface area contributed by atoms with Gasteiger partial charge in [0, 0.05) is 49.3 Å². The lowest BCUT2D eigenvalue weighted by Crippen LogP contribution is -2.62. The Bertz CT molecular complexity index is 898. The maximum absolute atomic E-state index is 12.5. The number of fused-ring (bicyclic) bond motifs is 1. The number of piperidine rings is 1. The van der Waals surface area contributed by atoms with Crippen molar-refractivity contribution in [2.24, 2.45) is 0 Å². The van der Waals surface area contributed by atoms with E-state index in [1.165, 1.54) is 17.5 Å².